The van der Waals surface area contributed by atoms with E-state index in [9.17, 15) is 0 Å². The van der Waals surface area contributed by atoms with Crippen LogP contribution in [0.3, 0.4) is 0 Å². The molecule has 0 aliphatic heterocycles. The molecule has 7 aromatic carbocycles. The van der Waals surface area contributed by atoms with Crippen molar-refractivity contribution in [2.45, 2.75) is 39.0 Å². The third-order valence-electron chi connectivity index (χ3n) is 10.0. The molecule has 0 aromatic heterocycles. The van der Waals surface area contributed by atoms with Crippen LogP contribution >= 0.6 is 0 Å². The fourth-order valence-electron chi connectivity index (χ4n) is 7.57. The normalized spacial score (nSPS) is 13.0. The van der Waals surface area contributed by atoms with E-state index in [1.165, 1.54) is 66.5 Å². The molecule has 8 rings (SSSR count). The number of hydrogen-bond donors (Lipinski definition) is 0. The molecular weight excluding hydrogens is 567 g/mol. The summed E-state index contributed by atoms with van der Waals surface area (Å²) in [4.78, 5) is 2.48. The van der Waals surface area contributed by atoms with Crippen molar-refractivity contribution in [1.82, 2.24) is 0 Å². The van der Waals surface area contributed by atoms with Crippen LogP contribution in [0, 0.1) is 0 Å². The topological polar surface area (TPSA) is 3.24 Å². The third-order valence-corrected chi connectivity index (χ3v) is 10.0. The Bertz CT molecular complexity index is 2240. The highest BCUT2D eigenvalue weighted by atomic mass is 15.1. The Balaban J connectivity index is 1.39. The van der Waals surface area contributed by atoms with Crippen LogP contribution in [-0.2, 0) is 5.41 Å². The molecule has 0 N–H and O–H groups in total. The summed E-state index contributed by atoms with van der Waals surface area (Å²) in [7, 11) is 0. The zero-order valence-corrected chi connectivity index (χ0v) is 27.5. The third kappa shape index (κ3) is 4.95. The first-order chi connectivity index (χ1) is 22.9. The van der Waals surface area contributed by atoms with Gasteiger partial charge in [-0.05, 0) is 97.6 Å². The quantitative estimate of drug-likeness (QED) is 0.182. The van der Waals surface area contributed by atoms with Crippen molar-refractivity contribution in [1.29, 1.82) is 0 Å². The van der Waals surface area contributed by atoms with Gasteiger partial charge in [0.25, 0.3) is 0 Å². The second kappa shape index (κ2) is 11.4. The Morgan fingerprint density at radius 2 is 1.02 bits per heavy atom. The lowest BCUT2D eigenvalue weighted by Crippen LogP contribution is -2.17. The first-order valence-electron chi connectivity index (χ1n) is 16.7. The number of anilines is 3. The number of fused-ring (bicyclic) bond motifs is 4. The van der Waals surface area contributed by atoms with E-state index in [2.05, 4.69) is 190 Å². The van der Waals surface area contributed by atoms with Crippen LogP contribution in [0.4, 0.5) is 17.1 Å². The SMILES string of the molecule is CC(C)c1ccccc1-c1cc2ccccc2cc1N(c1ccc(-c2ccccc2)cc1)c1ccc2c(c1)C(C)(C)c1ccccc1-2. The predicted molar refractivity (Wildman–Crippen MR) is 201 cm³/mol. The highest BCUT2D eigenvalue weighted by Gasteiger charge is 2.36. The maximum Gasteiger partial charge on any atom is 0.0546 e. The minimum Gasteiger partial charge on any atom is -0.310 e. The van der Waals surface area contributed by atoms with Gasteiger partial charge in [-0.25, -0.2) is 0 Å². The van der Waals surface area contributed by atoms with Gasteiger partial charge in [-0.1, -0.05) is 149 Å². The molecule has 0 unspecified atom stereocenters. The molecule has 47 heavy (non-hydrogen) atoms. The fraction of sp³-hybridized carbons (Fsp3) is 0.130. The lowest BCUT2D eigenvalue weighted by Gasteiger charge is -2.31. The van der Waals surface area contributed by atoms with Crippen LogP contribution in [0.25, 0.3) is 44.2 Å². The highest BCUT2D eigenvalue weighted by molar-refractivity contribution is 5.99. The van der Waals surface area contributed by atoms with Crippen molar-refractivity contribution in [2.75, 3.05) is 4.90 Å². The van der Waals surface area contributed by atoms with Crippen molar-refractivity contribution < 1.29 is 0 Å². The van der Waals surface area contributed by atoms with E-state index in [0.717, 1.165) is 11.4 Å². The Kier molecular flexibility index (Phi) is 7.07. The van der Waals surface area contributed by atoms with Gasteiger partial charge >= 0.3 is 0 Å². The Morgan fingerprint density at radius 3 is 1.77 bits per heavy atom. The number of nitrogens with zero attached hydrogens (tertiary/aromatic N) is 1. The van der Waals surface area contributed by atoms with Crippen molar-refractivity contribution in [3.05, 3.63) is 174 Å². The lowest BCUT2D eigenvalue weighted by atomic mass is 9.82. The molecule has 1 aliphatic carbocycles. The first kappa shape index (κ1) is 29.0. The Morgan fingerprint density at radius 1 is 0.447 bits per heavy atom. The molecule has 1 aliphatic rings. The molecular formula is C46H39N. The van der Waals surface area contributed by atoms with Gasteiger partial charge < -0.3 is 4.90 Å². The van der Waals surface area contributed by atoms with Crippen LogP contribution in [0.5, 0.6) is 0 Å². The summed E-state index contributed by atoms with van der Waals surface area (Å²) in [5.74, 6) is 0.392. The molecule has 228 valence electrons. The van der Waals surface area contributed by atoms with Gasteiger partial charge in [0.2, 0.25) is 0 Å². The maximum atomic E-state index is 2.48. The van der Waals surface area contributed by atoms with Crippen LogP contribution in [0.1, 0.15) is 50.3 Å². The second-order valence-electron chi connectivity index (χ2n) is 13.6. The lowest BCUT2D eigenvalue weighted by molar-refractivity contribution is 0.660. The van der Waals surface area contributed by atoms with Gasteiger partial charge in [-0.2, -0.15) is 0 Å². The average molecular weight is 606 g/mol. The monoisotopic (exact) mass is 605 g/mol. The summed E-state index contributed by atoms with van der Waals surface area (Å²) in [6.45, 7) is 9.31. The zero-order chi connectivity index (χ0) is 32.1. The Hall–Kier alpha value is -5.40. The number of rotatable bonds is 6. The summed E-state index contributed by atoms with van der Waals surface area (Å²) in [6.07, 6.45) is 0. The van der Waals surface area contributed by atoms with E-state index < -0.39 is 0 Å². The molecule has 0 saturated carbocycles. The molecule has 7 aromatic rings. The summed E-state index contributed by atoms with van der Waals surface area (Å²) in [5, 5.41) is 2.47. The fourth-order valence-corrected chi connectivity index (χ4v) is 7.57. The van der Waals surface area contributed by atoms with Crippen LogP contribution in [0.2, 0.25) is 0 Å². The summed E-state index contributed by atoms with van der Waals surface area (Å²) >= 11 is 0. The molecule has 0 fully saturated rings. The molecule has 0 saturated heterocycles. The minimum atomic E-state index is -0.0960. The van der Waals surface area contributed by atoms with E-state index in [0.29, 0.717) is 5.92 Å². The van der Waals surface area contributed by atoms with Gasteiger partial charge in [0.15, 0.2) is 0 Å². The largest absolute Gasteiger partial charge is 0.310 e. The van der Waals surface area contributed by atoms with E-state index in [-0.39, 0.29) is 5.41 Å². The first-order valence-corrected chi connectivity index (χ1v) is 16.7. The van der Waals surface area contributed by atoms with Gasteiger partial charge in [-0.15, -0.1) is 0 Å². The van der Waals surface area contributed by atoms with Crippen molar-refractivity contribution >= 4 is 27.8 Å². The van der Waals surface area contributed by atoms with Crippen LogP contribution in [-0.4, -0.2) is 0 Å². The summed E-state index contributed by atoms with van der Waals surface area (Å²) in [6, 6.07) is 58.1. The summed E-state index contributed by atoms with van der Waals surface area (Å²) in [5.41, 5.74) is 15.1. The smallest absolute Gasteiger partial charge is 0.0546 e. The van der Waals surface area contributed by atoms with Gasteiger partial charge in [0, 0.05) is 22.4 Å². The maximum absolute atomic E-state index is 2.48. The van der Waals surface area contributed by atoms with E-state index in [1.807, 2.05) is 0 Å². The average Bonchev–Trinajstić information content (AvgIpc) is 3.34. The molecule has 0 spiro atoms. The molecule has 0 bridgehead atoms. The van der Waals surface area contributed by atoms with Gasteiger partial charge in [0.1, 0.15) is 0 Å². The van der Waals surface area contributed by atoms with E-state index in [1.54, 1.807) is 0 Å². The van der Waals surface area contributed by atoms with Crippen molar-refractivity contribution in [3.63, 3.8) is 0 Å². The second-order valence-corrected chi connectivity index (χ2v) is 13.6. The van der Waals surface area contributed by atoms with Crippen LogP contribution in [0.15, 0.2) is 158 Å². The van der Waals surface area contributed by atoms with Gasteiger partial charge in [0.05, 0.1) is 5.69 Å². The van der Waals surface area contributed by atoms with Crippen molar-refractivity contribution in [2.24, 2.45) is 0 Å². The minimum absolute atomic E-state index is 0.0960. The molecule has 0 amide bonds. The van der Waals surface area contributed by atoms with Crippen molar-refractivity contribution in [3.8, 4) is 33.4 Å². The zero-order valence-electron chi connectivity index (χ0n) is 27.5. The Labute approximate surface area is 278 Å². The standard InChI is InChI=1S/C46H39N/c1-31(2)38-18-10-11-19-39(38)42-28-34-16-8-9-17-35(34)29-45(42)47(36-24-22-33(23-25-36)32-14-6-5-7-15-32)37-26-27-41-40-20-12-13-21-43(40)46(3,4)44(41)30-37/h5-31H,1-4H3. The number of hydrogen-bond acceptors (Lipinski definition) is 1. The highest BCUT2D eigenvalue weighted by Crippen LogP contribution is 2.52. The van der Waals surface area contributed by atoms with E-state index >= 15 is 0 Å². The van der Waals surface area contributed by atoms with Crippen LogP contribution < -0.4 is 4.90 Å². The summed E-state index contributed by atoms with van der Waals surface area (Å²) < 4.78 is 0. The molecule has 1 nitrogen and oxygen atoms in total. The van der Waals surface area contributed by atoms with E-state index in [4.69, 9.17) is 0 Å². The number of benzene rings is 7. The predicted octanol–water partition coefficient (Wildman–Crippen LogP) is 13.1. The van der Waals surface area contributed by atoms with Gasteiger partial charge in [-0.3, -0.25) is 0 Å². The molecule has 0 heterocycles. The molecule has 1 heteroatoms. The molecule has 0 radical (unpaired) electrons. The molecule has 0 atom stereocenters.